The van der Waals surface area contributed by atoms with Crippen LogP contribution in [0.2, 0.25) is 0 Å². The van der Waals surface area contributed by atoms with E-state index in [0.29, 0.717) is 12.1 Å². The predicted octanol–water partition coefficient (Wildman–Crippen LogP) is 4.81. The van der Waals surface area contributed by atoms with Gasteiger partial charge in [-0.25, -0.2) is 0 Å². The second kappa shape index (κ2) is 9.13. The van der Waals surface area contributed by atoms with E-state index in [9.17, 15) is 4.79 Å². The van der Waals surface area contributed by atoms with E-state index in [1.807, 2.05) is 69.6 Å². The average molecular weight is 438 g/mol. The molecule has 3 rings (SSSR count). The summed E-state index contributed by atoms with van der Waals surface area (Å²) in [5, 5.41) is 3.03. The first-order valence-electron chi connectivity index (χ1n) is 9.17. The van der Waals surface area contributed by atoms with Crippen molar-refractivity contribution in [3.63, 3.8) is 0 Å². The number of benzene rings is 2. The fraction of sp³-hybridized carbons (Fsp3) is 0.217. The van der Waals surface area contributed by atoms with Gasteiger partial charge >= 0.3 is 0 Å². The molecule has 0 aliphatic carbocycles. The smallest absolute Gasteiger partial charge is 0.253 e. The number of hydrogen-bond acceptors (Lipinski definition) is 3. The second-order valence-corrected chi connectivity index (χ2v) is 7.94. The molecule has 5 heteroatoms. The number of aryl methyl sites for hydroxylation is 1. The number of amides is 1. The Labute approximate surface area is 174 Å². The van der Waals surface area contributed by atoms with Crippen LogP contribution >= 0.6 is 15.9 Å². The van der Waals surface area contributed by atoms with Gasteiger partial charge in [0, 0.05) is 23.1 Å². The fourth-order valence-electron chi connectivity index (χ4n) is 3.11. The fourth-order valence-corrected chi connectivity index (χ4v) is 3.50. The molecule has 4 nitrogen and oxygen atoms in total. The number of halogens is 1. The first-order valence-corrected chi connectivity index (χ1v) is 9.96. The molecule has 0 aliphatic rings. The van der Waals surface area contributed by atoms with Crippen LogP contribution in [0.1, 0.15) is 27.2 Å². The van der Waals surface area contributed by atoms with Crippen LogP contribution in [-0.2, 0) is 13.1 Å². The van der Waals surface area contributed by atoms with Crippen molar-refractivity contribution in [2.45, 2.75) is 20.0 Å². The highest BCUT2D eigenvalue weighted by molar-refractivity contribution is 9.10. The number of rotatable bonds is 6. The highest BCUT2D eigenvalue weighted by Gasteiger charge is 2.12. The van der Waals surface area contributed by atoms with Crippen molar-refractivity contribution in [1.29, 1.82) is 0 Å². The number of carbonyl (C=O) groups excluding carboxylic acids is 1. The minimum absolute atomic E-state index is 0.106. The maximum absolute atomic E-state index is 12.7. The zero-order valence-corrected chi connectivity index (χ0v) is 18.0. The van der Waals surface area contributed by atoms with E-state index in [-0.39, 0.29) is 5.91 Å². The molecule has 0 saturated carbocycles. The van der Waals surface area contributed by atoms with Crippen molar-refractivity contribution >= 4 is 21.8 Å². The Morgan fingerprint density at radius 3 is 2.46 bits per heavy atom. The molecule has 1 aromatic heterocycles. The summed E-state index contributed by atoms with van der Waals surface area (Å²) in [7, 11) is 4.08. The van der Waals surface area contributed by atoms with Crippen LogP contribution in [0.4, 0.5) is 0 Å². The molecular formula is C23H24BrN3O. The van der Waals surface area contributed by atoms with Crippen molar-refractivity contribution in [1.82, 2.24) is 15.2 Å². The number of hydrogen-bond donors (Lipinski definition) is 1. The molecule has 0 bridgehead atoms. The van der Waals surface area contributed by atoms with Gasteiger partial charge in [0.2, 0.25) is 0 Å². The molecule has 3 aromatic rings. The summed E-state index contributed by atoms with van der Waals surface area (Å²) in [6, 6.07) is 19.9. The van der Waals surface area contributed by atoms with Gasteiger partial charge in [-0.1, -0.05) is 52.3 Å². The largest absolute Gasteiger partial charge is 0.348 e. The lowest BCUT2D eigenvalue weighted by atomic mass is 10.1. The molecular weight excluding hydrogens is 414 g/mol. The van der Waals surface area contributed by atoms with E-state index >= 15 is 0 Å². The van der Waals surface area contributed by atoms with Crippen molar-refractivity contribution in [2.24, 2.45) is 0 Å². The van der Waals surface area contributed by atoms with E-state index in [1.165, 1.54) is 5.56 Å². The van der Waals surface area contributed by atoms with E-state index in [0.717, 1.165) is 33.5 Å². The third-order valence-electron chi connectivity index (χ3n) is 4.50. The summed E-state index contributed by atoms with van der Waals surface area (Å²) < 4.78 is 1.00. The molecule has 0 spiro atoms. The number of pyridine rings is 1. The Morgan fingerprint density at radius 1 is 1.04 bits per heavy atom. The normalized spacial score (nSPS) is 10.9. The van der Waals surface area contributed by atoms with Crippen LogP contribution < -0.4 is 5.32 Å². The molecule has 0 unspecified atom stereocenters. The first kappa shape index (κ1) is 20.2. The van der Waals surface area contributed by atoms with Crippen LogP contribution in [0.25, 0.3) is 11.3 Å². The first-order chi connectivity index (χ1) is 13.4. The predicted molar refractivity (Wildman–Crippen MR) is 117 cm³/mol. The summed E-state index contributed by atoms with van der Waals surface area (Å²) in [6.45, 7) is 3.21. The number of nitrogens with zero attached hydrogens (tertiary/aromatic N) is 2. The van der Waals surface area contributed by atoms with E-state index in [2.05, 4.69) is 43.3 Å². The van der Waals surface area contributed by atoms with E-state index in [4.69, 9.17) is 0 Å². The summed E-state index contributed by atoms with van der Waals surface area (Å²) in [5.74, 6) is -0.106. The molecule has 0 atom stereocenters. The zero-order valence-electron chi connectivity index (χ0n) is 16.4. The SMILES string of the molecule is Cc1nc(-c2cccc(Br)c2)ccc1C(=O)NCc1ccccc1CN(C)C. The van der Waals surface area contributed by atoms with Crippen LogP contribution in [-0.4, -0.2) is 29.9 Å². The van der Waals surface area contributed by atoms with Crippen molar-refractivity contribution < 1.29 is 4.79 Å². The quantitative estimate of drug-likeness (QED) is 0.601. The van der Waals surface area contributed by atoms with Crippen LogP contribution in [0.5, 0.6) is 0 Å². The molecule has 0 saturated heterocycles. The number of aromatic nitrogens is 1. The van der Waals surface area contributed by atoms with Gasteiger partial charge in [-0.05, 0) is 56.4 Å². The minimum atomic E-state index is -0.106. The maximum Gasteiger partial charge on any atom is 0.253 e. The van der Waals surface area contributed by atoms with Gasteiger partial charge in [-0.15, -0.1) is 0 Å². The Hall–Kier alpha value is -2.50. The van der Waals surface area contributed by atoms with Crippen LogP contribution in [0.3, 0.4) is 0 Å². The van der Waals surface area contributed by atoms with Crippen molar-refractivity contribution in [3.8, 4) is 11.3 Å². The number of nitrogens with one attached hydrogen (secondary N) is 1. The molecule has 1 N–H and O–H groups in total. The average Bonchev–Trinajstić information content (AvgIpc) is 2.66. The van der Waals surface area contributed by atoms with Gasteiger partial charge in [0.15, 0.2) is 0 Å². The molecule has 1 amide bonds. The van der Waals surface area contributed by atoms with Crippen molar-refractivity contribution in [2.75, 3.05) is 14.1 Å². The van der Waals surface area contributed by atoms with Gasteiger partial charge in [-0.3, -0.25) is 9.78 Å². The summed E-state index contributed by atoms with van der Waals surface area (Å²) >= 11 is 3.48. The number of carbonyl (C=O) groups is 1. The Morgan fingerprint density at radius 2 is 1.79 bits per heavy atom. The lowest BCUT2D eigenvalue weighted by Gasteiger charge is -2.15. The second-order valence-electron chi connectivity index (χ2n) is 7.03. The highest BCUT2D eigenvalue weighted by atomic mass is 79.9. The van der Waals surface area contributed by atoms with Crippen molar-refractivity contribution in [3.05, 3.63) is 87.5 Å². The van der Waals surface area contributed by atoms with Gasteiger partial charge in [0.05, 0.1) is 17.0 Å². The Kier molecular flexibility index (Phi) is 6.60. The molecule has 0 fully saturated rings. The third-order valence-corrected chi connectivity index (χ3v) is 4.99. The Balaban J connectivity index is 1.73. The molecule has 2 aromatic carbocycles. The standard InChI is InChI=1S/C23H24BrN3O/c1-16-21(11-12-22(26-16)17-9-6-10-20(24)13-17)23(28)25-14-18-7-4-5-8-19(18)15-27(2)3/h4-13H,14-15H2,1-3H3,(H,25,28). The summed E-state index contributed by atoms with van der Waals surface area (Å²) in [4.78, 5) is 19.5. The molecule has 0 aliphatic heterocycles. The topological polar surface area (TPSA) is 45.2 Å². The maximum atomic E-state index is 12.7. The van der Waals surface area contributed by atoms with Gasteiger partial charge < -0.3 is 10.2 Å². The summed E-state index contributed by atoms with van der Waals surface area (Å²) in [5.41, 5.74) is 5.53. The van der Waals surface area contributed by atoms with Gasteiger partial charge in [-0.2, -0.15) is 0 Å². The lowest BCUT2D eigenvalue weighted by molar-refractivity contribution is 0.0950. The molecule has 1 heterocycles. The monoisotopic (exact) mass is 437 g/mol. The van der Waals surface area contributed by atoms with Crippen LogP contribution in [0, 0.1) is 6.92 Å². The minimum Gasteiger partial charge on any atom is -0.348 e. The van der Waals surface area contributed by atoms with E-state index in [1.54, 1.807) is 0 Å². The van der Waals surface area contributed by atoms with Crippen LogP contribution in [0.15, 0.2) is 65.1 Å². The lowest BCUT2D eigenvalue weighted by Crippen LogP contribution is -2.25. The zero-order chi connectivity index (χ0) is 20.1. The molecule has 144 valence electrons. The third kappa shape index (κ3) is 5.06. The highest BCUT2D eigenvalue weighted by Crippen LogP contribution is 2.22. The molecule has 0 radical (unpaired) electrons. The molecule has 28 heavy (non-hydrogen) atoms. The summed E-state index contributed by atoms with van der Waals surface area (Å²) in [6.07, 6.45) is 0. The Bertz CT molecular complexity index is 985. The van der Waals surface area contributed by atoms with Gasteiger partial charge in [0.1, 0.15) is 0 Å². The van der Waals surface area contributed by atoms with Gasteiger partial charge in [0.25, 0.3) is 5.91 Å². The van der Waals surface area contributed by atoms with E-state index < -0.39 is 0 Å².